The number of aryl methyl sites for hydroxylation is 2. The Labute approximate surface area is 191 Å². The highest BCUT2D eigenvalue weighted by atomic mass is 32.2. The summed E-state index contributed by atoms with van der Waals surface area (Å²) in [6.45, 7) is 2.46. The molecule has 0 aliphatic carbocycles. The number of rotatable bonds is 4. The lowest BCUT2D eigenvalue weighted by Gasteiger charge is -2.33. The van der Waals surface area contributed by atoms with Crippen molar-refractivity contribution in [3.8, 4) is 0 Å². The van der Waals surface area contributed by atoms with E-state index >= 15 is 0 Å². The summed E-state index contributed by atoms with van der Waals surface area (Å²) in [5, 5.41) is 3.51. The SMILES string of the molecule is CN1C[C@@H](Nc2nc(N3CCC(c4cc[n+](C)cc4)CC3)nc3c2S(=O)CC3)CCC1=O. The van der Waals surface area contributed by atoms with E-state index in [9.17, 15) is 9.00 Å². The maximum Gasteiger partial charge on any atom is 0.227 e. The van der Waals surface area contributed by atoms with Crippen LogP contribution in [-0.2, 0) is 29.1 Å². The molecule has 0 saturated carbocycles. The van der Waals surface area contributed by atoms with E-state index in [4.69, 9.17) is 9.97 Å². The maximum absolute atomic E-state index is 12.7. The molecule has 8 nitrogen and oxygen atoms in total. The van der Waals surface area contributed by atoms with Gasteiger partial charge < -0.3 is 15.1 Å². The molecule has 0 bridgehead atoms. The highest BCUT2D eigenvalue weighted by Gasteiger charge is 2.31. The molecule has 3 aliphatic rings. The Hall–Kier alpha value is -2.55. The van der Waals surface area contributed by atoms with Crippen molar-refractivity contribution in [3.63, 3.8) is 0 Å². The van der Waals surface area contributed by atoms with E-state index in [1.165, 1.54) is 5.56 Å². The molecule has 32 heavy (non-hydrogen) atoms. The molecule has 0 aromatic carbocycles. The van der Waals surface area contributed by atoms with Crippen LogP contribution in [0.2, 0.25) is 0 Å². The zero-order valence-electron chi connectivity index (χ0n) is 18.8. The molecule has 2 saturated heterocycles. The third-order valence-electron chi connectivity index (χ3n) is 6.90. The molecule has 1 N–H and O–H groups in total. The van der Waals surface area contributed by atoms with Crippen LogP contribution in [0.4, 0.5) is 11.8 Å². The number of hydrogen-bond donors (Lipinski definition) is 1. The monoisotopic (exact) mass is 455 g/mol. The Balaban J connectivity index is 1.34. The van der Waals surface area contributed by atoms with E-state index in [1.807, 2.05) is 14.1 Å². The molecule has 5 heterocycles. The Morgan fingerprint density at radius 1 is 1.12 bits per heavy atom. The van der Waals surface area contributed by atoms with Gasteiger partial charge in [-0.25, -0.2) is 9.55 Å². The Bertz CT molecular complexity index is 1040. The fraction of sp³-hybridized carbons (Fsp3) is 0.565. The van der Waals surface area contributed by atoms with Gasteiger partial charge in [0.1, 0.15) is 17.8 Å². The molecular formula is C23H31N6O2S+. The van der Waals surface area contributed by atoms with E-state index in [-0.39, 0.29) is 11.9 Å². The number of nitrogens with one attached hydrogen (secondary N) is 1. The van der Waals surface area contributed by atoms with Crippen LogP contribution in [0, 0.1) is 0 Å². The van der Waals surface area contributed by atoms with Crippen LogP contribution in [0.1, 0.15) is 42.9 Å². The molecule has 3 aliphatic heterocycles. The molecule has 2 aromatic heterocycles. The average Bonchev–Trinajstić information content (AvgIpc) is 3.18. The van der Waals surface area contributed by atoms with Crippen molar-refractivity contribution in [1.29, 1.82) is 0 Å². The zero-order chi connectivity index (χ0) is 22.2. The van der Waals surface area contributed by atoms with Gasteiger partial charge in [0.15, 0.2) is 12.4 Å². The van der Waals surface area contributed by atoms with Gasteiger partial charge in [0.25, 0.3) is 0 Å². The minimum absolute atomic E-state index is 0.118. The van der Waals surface area contributed by atoms with Gasteiger partial charge in [0.05, 0.1) is 16.5 Å². The van der Waals surface area contributed by atoms with Gasteiger partial charge in [-0.2, -0.15) is 4.98 Å². The van der Waals surface area contributed by atoms with Gasteiger partial charge >= 0.3 is 0 Å². The highest BCUT2D eigenvalue weighted by Crippen LogP contribution is 2.33. The quantitative estimate of drug-likeness (QED) is 0.702. The standard InChI is InChI=1S/C23H31N6O2S/c1-27-10-5-16(6-11-27)17-7-12-29(13-8-17)23-25-19-9-14-32(31)21(19)22(26-23)24-18-3-4-20(30)28(2)15-18/h5-6,10-11,17-18H,3-4,7-9,12-15H2,1-2H3,(H,24,25,26)/q+1/t18-,32?/m0/s1. The highest BCUT2D eigenvalue weighted by molar-refractivity contribution is 7.85. The summed E-state index contributed by atoms with van der Waals surface area (Å²) in [6, 6.07) is 4.55. The molecule has 2 fully saturated rings. The first-order valence-electron chi connectivity index (χ1n) is 11.5. The lowest BCUT2D eigenvalue weighted by Crippen LogP contribution is -2.43. The number of likely N-dealkylation sites (N-methyl/N-ethyl adjacent to an activating group) is 1. The van der Waals surface area contributed by atoms with Crippen molar-refractivity contribution in [2.75, 3.05) is 42.7 Å². The molecule has 1 amide bonds. The number of aromatic nitrogens is 3. The lowest BCUT2D eigenvalue weighted by atomic mass is 9.90. The van der Waals surface area contributed by atoms with Crippen LogP contribution < -0.4 is 14.8 Å². The van der Waals surface area contributed by atoms with E-state index in [0.29, 0.717) is 30.5 Å². The summed E-state index contributed by atoms with van der Waals surface area (Å²) in [6.07, 6.45) is 8.38. The summed E-state index contributed by atoms with van der Waals surface area (Å²) >= 11 is 0. The van der Waals surface area contributed by atoms with Crippen LogP contribution in [-0.4, -0.2) is 63.5 Å². The van der Waals surface area contributed by atoms with E-state index in [2.05, 4.69) is 39.3 Å². The Morgan fingerprint density at radius 2 is 1.88 bits per heavy atom. The molecule has 9 heteroatoms. The third kappa shape index (κ3) is 4.22. The predicted octanol–water partition coefficient (Wildman–Crippen LogP) is 1.38. The molecule has 5 rings (SSSR count). The summed E-state index contributed by atoms with van der Waals surface area (Å²) < 4.78 is 14.7. The van der Waals surface area contributed by atoms with Crippen molar-refractivity contribution in [2.45, 2.75) is 49.0 Å². The molecule has 170 valence electrons. The summed E-state index contributed by atoms with van der Waals surface area (Å²) in [7, 11) is 2.81. The second-order valence-electron chi connectivity index (χ2n) is 9.16. The van der Waals surface area contributed by atoms with Crippen LogP contribution in [0.25, 0.3) is 0 Å². The normalized spacial score (nSPS) is 24.0. The number of amides is 1. The first-order chi connectivity index (χ1) is 15.5. The first-order valence-corrected chi connectivity index (χ1v) is 12.8. The Kier molecular flexibility index (Phi) is 5.84. The fourth-order valence-electron chi connectivity index (χ4n) is 4.94. The molecule has 0 radical (unpaired) electrons. The molecule has 1 unspecified atom stereocenters. The minimum atomic E-state index is -1.06. The molecular weight excluding hydrogens is 424 g/mol. The maximum atomic E-state index is 12.7. The number of likely N-dealkylation sites (tertiary alicyclic amines) is 1. The van der Waals surface area contributed by atoms with Crippen molar-refractivity contribution in [2.24, 2.45) is 7.05 Å². The van der Waals surface area contributed by atoms with Crippen LogP contribution in [0.5, 0.6) is 0 Å². The molecule has 2 atom stereocenters. The van der Waals surface area contributed by atoms with Gasteiger partial charge in [0, 0.05) is 63.5 Å². The number of anilines is 2. The van der Waals surface area contributed by atoms with Gasteiger partial charge in [-0.05, 0) is 30.7 Å². The smallest absolute Gasteiger partial charge is 0.227 e. The Morgan fingerprint density at radius 3 is 2.59 bits per heavy atom. The lowest BCUT2D eigenvalue weighted by molar-refractivity contribution is -0.671. The molecule has 2 aromatic rings. The number of carbonyl (C=O) groups is 1. The topological polar surface area (TPSA) is 82.3 Å². The van der Waals surface area contributed by atoms with Gasteiger partial charge in [-0.3, -0.25) is 9.00 Å². The van der Waals surface area contributed by atoms with Gasteiger partial charge in [0.2, 0.25) is 11.9 Å². The zero-order valence-corrected chi connectivity index (χ0v) is 19.6. The number of piperidine rings is 2. The summed E-state index contributed by atoms with van der Waals surface area (Å²) in [5.74, 6) is 2.78. The van der Waals surface area contributed by atoms with Crippen LogP contribution in [0.3, 0.4) is 0 Å². The molecule has 0 spiro atoms. The van der Waals surface area contributed by atoms with Gasteiger partial charge in [-0.1, -0.05) is 0 Å². The second-order valence-corrected chi connectivity index (χ2v) is 10.7. The number of pyridine rings is 1. The first kappa shape index (κ1) is 21.3. The largest absolute Gasteiger partial charge is 0.364 e. The summed E-state index contributed by atoms with van der Waals surface area (Å²) in [5.41, 5.74) is 2.31. The van der Waals surface area contributed by atoms with Crippen molar-refractivity contribution >= 4 is 28.5 Å². The number of hydrogen-bond acceptors (Lipinski definition) is 6. The van der Waals surface area contributed by atoms with E-state index < -0.39 is 10.8 Å². The minimum Gasteiger partial charge on any atom is -0.364 e. The van der Waals surface area contributed by atoms with Crippen LogP contribution in [0.15, 0.2) is 29.4 Å². The van der Waals surface area contributed by atoms with E-state index in [0.717, 1.165) is 55.3 Å². The number of carbonyl (C=O) groups excluding carboxylic acids is 1. The van der Waals surface area contributed by atoms with Gasteiger partial charge in [-0.15, -0.1) is 0 Å². The third-order valence-corrected chi connectivity index (χ3v) is 8.36. The average molecular weight is 456 g/mol. The van der Waals surface area contributed by atoms with Crippen molar-refractivity contribution in [3.05, 3.63) is 35.8 Å². The fourth-order valence-corrected chi connectivity index (χ4v) is 6.26. The second kappa shape index (κ2) is 8.77. The predicted molar refractivity (Wildman–Crippen MR) is 123 cm³/mol. The van der Waals surface area contributed by atoms with Crippen LogP contribution >= 0.6 is 0 Å². The van der Waals surface area contributed by atoms with Crippen molar-refractivity contribution < 1.29 is 13.6 Å². The number of fused-ring (bicyclic) bond motifs is 1. The van der Waals surface area contributed by atoms with E-state index in [1.54, 1.807) is 4.90 Å². The number of nitrogens with zero attached hydrogens (tertiary/aromatic N) is 5. The summed E-state index contributed by atoms with van der Waals surface area (Å²) in [4.78, 5) is 26.3. The van der Waals surface area contributed by atoms with Crippen molar-refractivity contribution in [1.82, 2.24) is 14.9 Å².